The summed E-state index contributed by atoms with van der Waals surface area (Å²) in [5.74, 6) is 0.701. The van der Waals surface area contributed by atoms with Crippen molar-refractivity contribution in [3.63, 3.8) is 0 Å². The second-order valence-corrected chi connectivity index (χ2v) is 6.26. The molecule has 3 rings (SSSR count). The molecule has 108 valence electrons. The van der Waals surface area contributed by atoms with E-state index in [1.807, 2.05) is 19.9 Å². The minimum absolute atomic E-state index is 0.00437. The standard InChI is InChI=1S/C13H13N5O2S/c1-8-7-9(2)18-13(15-8)16-12(17-18)10-5-3-4-6-11(10)21(14,19)20/h3-7H,1-2H3,(H2,14,19,20). The monoisotopic (exact) mass is 303 g/mol. The van der Waals surface area contributed by atoms with Gasteiger partial charge in [0.1, 0.15) is 0 Å². The molecule has 0 spiro atoms. The van der Waals surface area contributed by atoms with Gasteiger partial charge in [0.25, 0.3) is 5.78 Å². The van der Waals surface area contributed by atoms with Gasteiger partial charge in [-0.15, -0.1) is 5.10 Å². The highest BCUT2D eigenvalue weighted by Crippen LogP contribution is 2.24. The summed E-state index contributed by atoms with van der Waals surface area (Å²) in [7, 11) is -3.85. The maximum absolute atomic E-state index is 11.7. The third-order valence-corrected chi connectivity index (χ3v) is 4.02. The lowest BCUT2D eigenvalue weighted by atomic mass is 10.2. The second kappa shape index (κ2) is 4.61. The van der Waals surface area contributed by atoms with E-state index in [4.69, 9.17) is 5.14 Å². The molecule has 0 atom stereocenters. The highest BCUT2D eigenvalue weighted by atomic mass is 32.2. The van der Waals surface area contributed by atoms with Crippen LogP contribution in [-0.2, 0) is 10.0 Å². The molecule has 2 aromatic heterocycles. The molecule has 0 saturated heterocycles. The summed E-state index contributed by atoms with van der Waals surface area (Å²) in [5.41, 5.74) is 2.05. The number of rotatable bonds is 2. The Hall–Kier alpha value is -2.32. The van der Waals surface area contributed by atoms with Gasteiger partial charge in [-0.2, -0.15) is 4.98 Å². The normalized spacial score (nSPS) is 12.0. The molecule has 21 heavy (non-hydrogen) atoms. The van der Waals surface area contributed by atoms with Crippen molar-refractivity contribution in [2.24, 2.45) is 5.14 Å². The maximum atomic E-state index is 11.7. The van der Waals surface area contributed by atoms with Crippen molar-refractivity contribution in [3.05, 3.63) is 41.7 Å². The average molecular weight is 303 g/mol. The van der Waals surface area contributed by atoms with Crippen molar-refractivity contribution in [2.75, 3.05) is 0 Å². The van der Waals surface area contributed by atoms with E-state index in [-0.39, 0.29) is 10.7 Å². The molecule has 0 aliphatic heterocycles. The molecular weight excluding hydrogens is 290 g/mol. The van der Waals surface area contributed by atoms with Crippen LogP contribution in [0, 0.1) is 13.8 Å². The van der Waals surface area contributed by atoms with E-state index in [0.717, 1.165) is 11.4 Å². The maximum Gasteiger partial charge on any atom is 0.253 e. The summed E-state index contributed by atoms with van der Waals surface area (Å²) < 4.78 is 24.9. The number of benzene rings is 1. The van der Waals surface area contributed by atoms with Crippen LogP contribution < -0.4 is 5.14 Å². The molecule has 1 aromatic carbocycles. The van der Waals surface area contributed by atoms with E-state index < -0.39 is 10.0 Å². The fourth-order valence-electron chi connectivity index (χ4n) is 2.18. The van der Waals surface area contributed by atoms with Crippen LogP contribution in [-0.4, -0.2) is 28.0 Å². The first kappa shape index (κ1) is 13.7. The first-order chi connectivity index (χ1) is 9.86. The average Bonchev–Trinajstić information content (AvgIpc) is 2.81. The van der Waals surface area contributed by atoms with Gasteiger partial charge in [0.2, 0.25) is 10.0 Å². The van der Waals surface area contributed by atoms with Crippen LogP contribution in [0.5, 0.6) is 0 Å². The van der Waals surface area contributed by atoms with Crippen molar-refractivity contribution in [1.82, 2.24) is 19.6 Å². The van der Waals surface area contributed by atoms with Gasteiger partial charge < -0.3 is 0 Å². The zero-order valence-electron chi connectivity index (χ0n) is 11.5. The van der Waals surface area contributed by atoms with Crippen molar-refractivity contribution in [1.29, 1.82) is 0 Å². The topological polar surface area (TPSA) is 103 Å². The lowest BCUT2D eigenvalue weighted by Gasteiger charge is -2.03. The van der Waals surface area contributed by atoms with Crippen LogP contribution in [0.15, 0.2) is 35.2 Å². The number of nitrogens with zero attached hydrogens (tertiary/aromatic N) is 4. The number of sulfonamides is 1. The van der Waals surface area contributed by atoms with E-state index in [0.29, 0.717) is 11.3 Å². The molecule has 0 radical (unpaired) electrons. The van der Waals surface area contributed by atoms with Crippen LogP contribution in [0.25, 0.3) is 17.2 Å². The Labute approximate surface area is 121 Å². The number of aromatic nitrogens is 4. The Morgan fingerprint density at radius 2 is 1.86 bits per heavy atom. The molecular formula is C13H13N5O2S. The highest BCUT2D eigenvalue weighted by molar-refractivity contribution is 7.89. The Morgan fingerprint density at radius 1 is 1.14 bits per heavy atom. The second-order valence-electron chi connectivity index (χ2n) is 4.73. The van der Waals surface area contributed by atoms with E-state index in [1.54, 1.807) is 22.7 Å². The minimum Gasteiger partial charge on any atom is -0.225 e. The fourth-order valence-corrected chi connectivity index (χ4v) is 2.91. The Morgan fingerprint density at radius 3 is 2.57 bits per heavy atom. The predicted octanol–water partition coefficient (Wildman–Crippen LogP) is 1.06. The summed E-state index contributed by atoms with van der Waals surface area (Å²) in [6.45, 7) is 3.74. The SMILES string of the molecule is Cc1cc(C)n2nc(-c3ccccc3S(N)(=O)=O)nc2n1. The molecule has 3 aromatic rings. The lowest BCUT2D eigenvalue weighted by molar-refractivity contribution is 0.598. The molecule has 0 saturated carbocycles. The summed E-state index contributed by atoms with van der Waals surface area (Å²) in [4.78, 5) is 8.58. The number of fused-ring (bicyclic) bond motifs is 1. The number of nitrogens with two attached hydrogens (primary N) is 1. The van der Waals surface area contributed by atoms with E-state index in [1.165, 1.54) is 6.07 Å². The number of hydrogen-bond donors (Lipinski definition) is 1. The number of hydrogen-bond acceptors (Lipinski definition) is 5. The molecule has 0 unspecified atom stereocenters. The summed E-state index contributed by atoms with van der Waals surface area (Å²) in [6.07, 6.45) is 0. The summed E-state index contributed by atoms with van der Waals surface area (Å²) in [6, 6.07) is 8.24. The predicted molar refractivity (Wildman–Crippen MR) is 77.1 cm³/mol. The molecule has 7 nitrogen and oxygen atoms in total. The van der Waals surface area contributed by atoms with Crippen molar-refractivity contribution in [2.45, 2.75) is 18.7 Å². The van der Waals surface area contributed by atoms with Crippen molar-refractivity contribution < 1.29 is 8.42 Å². The Kier molecular flexibility index (Phi) is 2.99. The number of aryl methyl sites for hydroxylation is 2. The molecule has 0 amide bonds. The smallest absolute Gasteiger partial charge is 0.225 e. The Bertz CT molecular complexity index is 946. The van der Waals surface area contributed by atoms with Gasteiger partial charge in [-0.05, 0) is 32.0 Å². The van der Waals surface area contributed by atoms with E-state index >= 15 is 0 Å². The van der Waals surface area contributed by atoms with E-state index in [2.05, 4.69) is 15.1 Å². The van der Waals surface area contributed by atoms with Crippen LogP contribution in [0.3, 0.4) is 0 Å². The van der Waals surface area contributed by atoms with Crippen LogP contribution in [0.1, 0.15) is 11.4 Å². The molecule has 0 aliphatic rings. The van der Waals surface area contributed by atoms with Gasteiger partial charge in [0.15, 0.2) is 5.82 Å². The quantitative estimate of drug-likeness (QED) is 0.762. The van der Waals surface area contributed by atoms with Gasteiger partial charge in [-0.1, -0.05) is 12.1 Å². The van der Waals surface area contributed by atoms with Crippen LogP contribution in [0.4, 0.5) is 0 Å². The van der Waals surface area contributed by atoms with Gasteiger partial charge >= 0.3 is 0 Å². The van der Waals surface area contributed by atoms with Crippen molar-refractivity contribution in [3.8, 4) is 11.4 Å². The molecule has 8 heteroatoms. The third kappa shape index (κ3) is 2.39. The summed E-state index contributed by atoms with van der Waals surface area (Å²) in [5, 5.41) is 9.56. The number of primary sulfonamides is 1. The molecule has 0 fully saturated rings. The fraction of sp³-hybridized carbons (Fsp3) is 0.154. The molecule has 2 heterocycles. The molecule has 0 aliphatic carbocycles. The van der Waals surface area contributed by atoms with Gasteiger partial charge in [-0.25, -0.2) is 23.1 Å². The minimum atomic E-state index is -3.85. The molecule has 0 bridgehead atoms. The zero-order chi connectivity index (χ0) is 15.2. The van der Waals surface area contributed by atoms with Crippen LogP contribution >= 0.6 is 0 Å². The first-order valence-corrected chi connectivity index (χ1v) is 7.74. The summed E-state index contributed by atoms with van der Waals surface area (Å²) >= 11 is 0. The van der Waals surface area contributed by atoms with Crippen molar-refractivity contribution >= 4 is 15.8 Å². The molecule has 2 N–H and O–H groups in total. The lowest BCUT2D eigenvalue weighted by Crippen LogP contribution is -2.13. The van der Waals surface area contributed by atoms with E-state index in [9.17, 15) is 8.42 Å². The van der Waals surface area contributed by atoms with Gasteiger partial charge in [0, 0.05) is 17.0 Å². The highest BCUT2D eigenvalue weighted by Gasteiger charge is 2.18. The zero-order valence-corrected chi connectivity index (χ0v) is 12.3. The first-order valence-electron chi connectivity index (χ1n) is 6.19. The third-order valence-electron chi connectivity index (χ3n) is 3.05. The van der Waals surface area contributed by atoms with Crippen LogP contribution in [0.2, 0.25) is 0 Å². The van der Waals surface area contributed by atoms with Gasteiger partial charge in [0.05, 0.1) is 4.90 Å². The largest absolute Gasteiger partial charge is 0.253 e. The van der Waals surface area contributed by atoms with Gasteiger partial charge in [-0.3, -0.25) is 0 Å². The Balaban J connectivity index is 2.30.